The van der Waals surface area contributed by atoms with Crippen molar-refractivity contribution in [2.24, 2.45) is 0 Å². The van der Waals surface area contributed by atoms with Crippen molar-refractivity contribution >= 4 is 13.3 Å². The van der Waals surface area contributed by atoms with Crippen molar-refractivity contribution in [2.75, 3.05) is 0 Å². The van der Waals surface area contributed by atoms with E-state index in [9.17, 15) is 27.2 Å². The molecule has 2 rings (SSSR count). The molecule has 2 aromatic rings. The number of aromatic amines is 1. The van der Waals surface area contributed by atoms with Gasteiger partial charge in [0.25, 0.3) is 0 Å². The first kappa shape index (κ1) is 16.1. The molecule has 0 saturated heterocycles. The number of aromatic nitrogens is 2. The average Bonchev–Trinajstić information content (AvgIpc) is 2.41. The highest BCUT2D eigenvalue weighted by atomic mass is 19.4. The summed E-state index contributed by atoms with van der Waals surface area (Å²) in [6.45, 7) is 0.796. The van der Waals surface area contributed by atoms with Crippen molar-refractivity contribution in [3.05, 3.63) is 61.7 Å². The van der Waals surface area contributed by atoms with E-state index in [2.05, 4.69) is 0 Å². The van der Waals surface area contributed by atoms with Gasteiger partial charge in [-0.05, 0) is 24.5 Å². The lowest BCUT2D eigenvalue weighted by molar-refractivity contribution is -0.138. The lowest BCUT2D eigenvalue weighted by atomic mass is 9.96. The van der Waals surface area contributed by atoms with Crippen LogP contribution in [-0.4, -0.2) is 17.4 Å². The summed E-state index contributed by atoms with van der Waals surface area (Å²) >= 11 is 0. The summed E-state index contributed by atoms with van der Waals surface area (Å²) < 4.78 is 53.6. The van der Waals surface area contributed by atoms with Gasteiger partial charge in [-0.25, -0.2) is 9.18 Å². The molecule has 9 heteroatoms. The minimum Gasteiger partial charge on any atom is -0.294 e. The molecule has 0 unspecified atom stereocenters. The number of nitrogens with one attached hydrogen (secondary N) is 1. The van der Waals surface area contributed by atoms with Crippen LogP contribution < -0.4 is 16.7 Å². The van der Waals surface area contributed by atoms with Crippen LogP contribution in [0.25, 0.3) is 0 Å². The molecular formula is C13H11BF4N2O2. The summed E-state index contributed by atoms with van der Waals surface area (Å²) in [7, 11) is 1.43. The third-order valence-electron chi connectivity index (χ3n) is 3.49. The van der Waals surface area contributed by atoms with Crippen molar-refractivity contribution in [2.45, 2.75) is 19.6 Å². The first-order chi connectivity index (χ1) is 10.1. The Balaban J connectivity index is 2.66. The van der Waals surface area contributed by atoms with Crippen LogP contribution in [0.4, 0.5) is 17.6 Å². The molecule has 0 aliphatic carbocycles. The second kappa shape index (κ2) is 5.47. The maximum Gasteiger partial charge on any atom is 0.416 e. The molecule has 0 fully saturated rings. The number of benzene rings is 1. The number of alkyl halides is 3. The molecule has 22 heavy (non-hydrogen) atoms. The Bertz CT molecular complexity index is 839. The minimum atomic E-state index is -4.74. The van der Waals surface area contributed by atoms with Gasteiger partial charge in [-0.15, -0.1) is 0 Å². The van der Waals surface area contributed by atoms with Gasteiger partial charge in [-0.3, -0.25) is 14.3 Å². The number of rotatable bonds is 2. The number of hydrogen-bond acceptors (Lipinski definition) is 2. The Labute approximate surface area is 122 Å². The highest BCUT2D eigenvalue weighted by molar-refractivity contribution is 6.32. The number of nitrogens with zero attached hydrogens (tertiary/aromatic N) is 1. The van der Waals surface area contributed by atoms with E-state index >= 15 is 0 Å². The largest absolute Gasteiger partial charge is 0.416 e. The Morgan fingerprint density at radius 3 is 2.50 bits per heavy atom. The van der Waals surface area contributed by atoms with E-state index < -0.39 is 40.9 Å². The van der Waals surface area contributed by atoms with Gasteiger partial charge in [0.2, 0.25) is 5.56 Å². The normalized spacial score (nSPS) is 11.7. The van der Waals surface area contributed by atoms with E-state index in [4.69, 9.17) is 0 Å². The zero-order valence-electron chi connectivity index (χ0n) is 11.7. The molecule has 0 amide bonds. The number of H-pyrrole nitrogens is 1. The van der Waals surface area contributed by atoms with E-state index in [0.717, 1.165) is 22.8 Å². The molecule has 1 heterocycles. The fraction of sp³-hybridized carbons (Fsp3) is 0.231. The Kier molecular flexibility index (Phi) is 3.99. The molecule has 0 bridgehead atoms. The first-order valence-electron chi connectivity index (χ1n) is 6.28. The molecule has 1 aromatic carbocycles. The summed E-state index contributed by atoms with van der Waals surface area (Å²) in [6.07, 6.45) is -4.74. The van der Waals surface area contributed by atoms with E-state index in [-0.39, 0.29) is 11.2 Å². The van der Waals surface area contributed by atoms with Crippen molar-refractivity contribution in [1.82, 2.24) is 9.55 Å². The lowest BCUT2D eigenvalue weighted by Crippen LogP contribution is -2.43. The lowest BCUT2D eigenvalue weighted by Gasteiger charge is -2.16. The van der Waals surface area contributed by atoms with Crippen molar-refractivity contribution in [1.29, 1.82) is 0 Å². The molecule has 116 valence electrons. The third-order valence-corrected chi connectivity index (χ3v) is 3.49. The predicted octanol–water partition coefficient (Wildman–Crippen LogP) is 0.310. The van der Waals surface area contributed by atoms with Gasteiger partial charge >= 0.3 is 11.9 Å². The monoisotopic (exact) mass is 314 g/mol. The summed E-state index contributed by atoms with van der Waals surface area (Å²) in [5.41, 5.74) is -2.93. The summed E-state index contributed by atoms with van der Waals surface area (Å²) in [4.78, 5) is 25.2. The van der Waals surface area contributed by atoms with Crippen molar-refractivity contribution in [3.8, 4) is 0 Å². The van der Waals surface area contributed by atoms with Gasteiger partial charge in [-0.1, -0.05) is 6.07 Å². The minimum absolute atomic E-state index is 0.185. The number of hydrogen-bond donors (Lipinski definition) is 1. The van der Waals surface area contributed by atoms with Crippen LogP contribution in [0, 0.1) is 12.7 Å². The molecule has 1 N–H and O–H groups in total. The zero-order chi connectivity index (χ0) is 16.7. The Morgan fingerprint density at radius 2 is 1.91 bits per heavy atom. The quantitative estimate of drug-likeness (QED) is 0.641. The SMILES string of the molecule is Bc1c(C)n(Cc2c(F)cccc2C(F)(F)F)c(=O)[nH]c1=O. The smallest absolute Gasteiger partial charge is 0.294 e. The van der Waals surface area contributed by atoms with Crippen LogP contribution in [0.5, 0.6) is 0 Å². The fourth-order valence-electron chi connectivity index (χ4n) is 2.11. The molecular weight excluding hydrogens is 303 g/mol. The van der Waals surface area contributed by atoms with Gasteiger partial charge in [0.15, 0.2) is 0 Å². The van der Waals surface area contributed by atoms with Gasteiger partial charge < -0.3 is 0 Å². The Morgan fingerprint density at radius 1 is 1.27 bits per heavy atom. The Hall–Kier alpha value is -2.32. The summed E-state index contributed by atoms with van der Waals surface area (Å²) in [5, 5.41) is 0. The van der Waals surface area contributed by atoms with Crippen molar-refractivity contribution in [3.63, 3.8) is 0 Å². The molecule has 0 spiro atoms. The van der Waals surface area contributed by atoms with Crippen LogP contribution in [-0.2, 0) is 12.7 Å². The maximum atomic E-state index is 13.8. The second-order valence-electron chi connectivity index (χ2n) is 4.82. The summed E-state index contributed by atoms with van der Waals surface area (Å²) in [5.74, 6) is -1.06. The molecule has 0 atom stereocenters. The maximum absolute atomic E-state index is 13.8. The average molecular weight is 314 g/mol. The highest BCUT2D eigenvalue weighted by Gasteiger charge is 2.34. The van der Waals surface area contributed by atoms with Crippen LogP contribution in [0.2, 0.25) is 0 Å². The van der Waals surface area contributed by atoms with E-state index in [1.54, 1.807) is 0 Å². The standard InChI is InChI=1S/C13H11BF4N2O2/c1-6-10(14)11(21)19-12(22)20(6)5-7-8(13(16,17)18)3-2-4-9(7)15/h2-4H,5,14H2,1H3,(H,19,21,22). The van der Waals surface area contributed by atoms with Crippen LogP contribution in [0.15, 0.2) is 27.8 Å². The molecule has 0 aliphatic heterocycles. The first-order valence-corrected chi connectivity index (χ1v) is 6.28. The van der Waals surface area contributed by atoms with Crippen LogP contribution in [0.3, 0.4) is 0 Å². The van der Waals surface area contributed by atoms with Gasteiger partial charge in [0, 0.05) is 11.3 Å². The van der Waals surface area contributed by atoms with E-state index in [0.29, 0.717) is 0 Å². The fourth-order valence-corrected chi connectivity index (χ4v) is 2.11. The molecule has 1 aromatic heterocycles. The summed E-state index contributed by atoms with van der Waals surface area (Å²) in [6, 6.07) is 2.59. The van der Waals surface area contributed by atoms with Crippen LogP contribution >= 0.6 is 0 Å². The topological polar surface area (TPSA) is 54.9 Å². The predicted molar refractivity (Wildman–Crippen MR) is 74.7 cm³/mol. The van der Waals surface area contributed by atoms with Gasteiger partial charge in [-0.2, -0.15) is 13.2 Å². The number of halogens is 4. The highest BCUT2D eigenvalue weighted by Crippen LogP contribution is 2.33. The van der Waals surface area contributed by atoms with Crippen LogP contribution in [0.1, 0.15) is 16.8 Å². The second-order valence-corrected chi connectivity index (χ2v) is 4.82. The molecule has 0 aliphatic rings. The molecule has 0 saturated carbocycles. The van der Waals surface area contributed by atoms with E-state index in [1.807, 2.05) is 4.98 Å². The van der Waals surface area contributed by atoms with Gasteiger partial charge in [0.1, 0.15) is 13.7 Å². The molecule has 0 radical (unpaired) electrons. The third kappa shape index (κ3) is 2.83. The van der Waals surface area contributed by atoms with Gasteiger partial charge in [0.05, 0.1) is 12.1 Å². The molecule has 4 nitrogen and oxygen atoms in total. The zero-order valence-corrected chi connectivity index (χ0v) is 11.7. The van der Waals surface area contributed by atoms with Crippen molar-refractivity contribution < 1.29 is 17.6 Å². The van der Waals surface area contributed by atoms with E-state index in [1.165, 1.54) is 14.8 Å².